The number of nitrogens with zero attached hydrogens (tertiary/aromatic N) is 1. The third kappa shape index (κ3) is 3.45. The van der Waals surface area contributed by atoms with Gasteiger partial charge in [-0.3, -0.25) is 4.79 Å². The summed E-state index contributed by atoms with van der Waals surface area (Å²) in [6.07, 6.45) is 0.544. The second-order valence-electron chi connectivity index (χ2n) is 3.76. The van der Waals surface area contributed by atoms with E-state index in [9.17, 15) is 4.79 Å². The summed E-state index contributed by atoms with van der Waals surface area (Å²) < 4.78 is 4.84. The molecule has 0 heterocycles. The molecule has 0 aromatic heterocycles. The highest BCUT2D eigenvalue weighted by molar-refractivity contribution is 5.79. The number of hydrogen-bond donors (Lipinski definition) is 0. The molecular formula is C10H17NO2. The van der Waals surface area contributed by atoms with Gasteiger partial charge in [0.15, 0.2) is 5.41 Å². The van der Waals surface area contributed by atoms with Crippen LogP contribution in [0.2, 0.25) is 0 Å². The zero-order valence-electron chi connectivity index (χ0n) is 8.76. The predicted octanol–water partition coefficient (Wildman–Crippen LogP) is 2.13. The minimum absolute atomic E-state index is 0.314. The molecule has 0 aliphatic heterocycles. The van der Waals surface area contributed by atoms with E-state index in [1.54, 1.807) is 13.8 Å². The summed E-state index contributed by atoms with van der Waals surface area (Å²) in [5, 5.41) is 8.88. The van der Waals surface area contributed by atoms with E-state index in [-0.39, 0.29) is 0 Å². The molecule has 0 aromatic rings. The first-order chi connectivity index (χ1) is 5.96. The molecule has 0 saturated heterocycles. The van der Waals surface area contributed by atoms with Gasteiger partial charge in [0, 0.05) is 0 Å². The Balaban J connectivity index is 4.45. The van der Waals surface area contributed by atoms with Gasteiger partial charge >= 0.3 is 5.97 Å². The molecule has 0 N–H and O–H groups in total. The van der Waals surface area contributed by atoms with E-state index in [1.807, 2.05) is 19.9 Å². The van der Waals surface area contributed by atoms with E-state index >= 15 is 0 Å². The minimum atomic E-state index is -0.982. The van der Waals surface area contributed by atoms with Crippen LogP contribution in [0.1, 0.15) is 34.1 Å². The van der Waals surface area contributed by atoms with Gasteiger partial charge in [-0.2, -0.15) is 5.26 Å². The third-order valence-electron chi connectivity index (χ3n) is 1.79. The van der Waals surface area contributed by atoms with E-state index < -0.39 is 11.4 Å². The van der Waals surface area contributed by atoms with Crippen molar-refractivity contribution in [3.8, 4) is 6.07 Å². The second kappa shape index (κ2) is 4.86. The van der Waals surface area contributed by atoms with E-state index in [1.165, 1.54) is 0 Å². The Morgan fingerprint density at radius 2 is 2.15 bits per heavy atom. The zero-order chi connectivity index (χ0) is 10.5. The van der Waals surface area contributed by atoms with Gasteiger partial charge in [0.1, 0.15) is 0 Å². The highest BCUT2D eigenvalue weighted by atomic mass is 16.5. The number of carbonyl (C=O) groups excluding carboxylic acids is 1. The van der Waals surface area contributed by atoms with Crippen LogP contribution in [-0.2, 0) is 9.53 Å². The smallest absolute Gasteiger partial charge is 0.326 e. The summed E-state index contributed by atoms with van der Waals surface area (Å²) in [4.78, 5) is 11.4. The Labute approximate surface area is 79.7 Å². The molecule has 0 radical (unpaired) electrons. The second-order valence-corrected chi connectivity index (χ2v) is 3.76. The van der Waals surface area contributed by atoms with Gasteiger partial charge in [-0.05, 0) is 26.2 Å². The van der Waals surface area contributed by atoms with Gasteiger partial charge < -0.3 is 4.74 Å². The molecule has 74 valence electrons. The van der Waals surface area contributed by atoms with Crippen LogP contribution < -0.4 is 0 Å². The Morgan fingerprint density at radius 1 is 1.62 bits per heavy atom. The van der Waals surface area contributed by atoms with Crippen LogP contribution in [0.3, 0.4) is 0 Å². The highest BCUT2D eigenvalue weighted by Crippen LogP contribution is 2.26. The van der Waals surface area contributed by atoms with Crippen LogP contribution in [0.4, 0.5) is 0 Å². The molecule has 13 heavy (non-hydrogen) atoms. The summed E-state index contributed by atoms with van der Waals surface area (Å²) in [5.41, 5.74) is -0.982. The molecule has 0 aliphatic carbocycles. The lowest BCUT2D eigenvalue weighted by Crippen LogP contribution is -2.29. The van der Waals surface area contributed by atoms with Gasteiger partial charge in [0.2, 0.25) is 0 Å². The first-order valence-electron chi connectivity index (χ1n) is 4.54. The van der Waals surface area contributed by atoms with Crippen molar-refractivity contribution in [2.24, 2.45) is 11.3 Å². The average molecular weight is 183 g/mol. The Hall–Kier alpha value is -1.04. The van der Waals surface area contributed by atoms with Crippen molar-refractivity contribution in [1.29, 1.82) is 5.26 Å². The van der Waals surface area contributed by atoms with E-state index in [2.05, 4.69) is 0 Å². The fraction of sp³-hybridized carbons (Fsp3) is 0.800. The standard InChI is InChI=1S/C10H17NO2/c1-5-13-9(12)10(4,7-11)6-8(2)3/h8H,5-6H2,1-4H3. The van der Waals surface area contributed by atoms with Crippen molar-refractivity contribution in [2.45, 2.75) is 34.1 Å². The quantitative estimate of drug-likeness (QED) is 0.627. The lowest BCUT2D eigenvalue weighted by Gasteiger charge is -2.20. The normalized spacial score (nSPS) is 14.8. The van der Waals surface area contributed by atoms with Crippen LogP contribution >= 0.6 is 0 Å². The van der Waals surface area contributed by atoms with Gasteiger partial charge in [0.05, 0.1) is 12.7 Å². The molecule has 1 atom stereocenters. The SMILES string of the molecule is CCOC(=O)C(C)(C#N)CC(C)C. The number of rotatable bonds is 4. The van der Waals surface area contributed by atoms with Crippen LogP contribution in [0, 0.1) is 22.7 Å². The largest absolute Gasteiger partial charge is 0.465 e. The van der Waals surface area contributed by atoms with E-state index in [4.69, 9.17) is 10.00 Å². The molecule has 0 aromatic carbocycles. The first-order valence-corrected chi connectivity index (χ1v) is 4.54. The van der Waals surface area contributed by atoms with Crippen molar-refractivity contribution < 1.29 is 9.53 Å². The molecule has 1 unspecified atom stereocenters. The molecule has 0 fully saturated rings. The minimum Gasteiger partial charge on any atom is -0.465 e. The molecule has 3 nitrogen and oxygen atoms in total. The summed E-state index contributed by atoms with van der Waals surface area (Å²) in [6, 6.07) is 2.02. The highest BCUT2D eigenvalue weighted by Gasteiger charge is 2.35. The van der Waals surface area contributed by atoms with Crippen LogP contribution in [0.25, 0.3) is 0 Å². The van der Waals surface area contributed by atoms with E-state index in [0.29, 0.717) is 18.9 Å². The van der Waals surface area contributed by atoms with Crippen LogP contribution in [-0.4, -0.2) is 12.6 Å². The van der Waals surface area contributed by atoms with Gasteiger partial charge in [-0.1, -0.05) is 13.8 Å². The van der Waals surface area contributed by atoms with Crippen molar-refractivity contribution in [3.05, 3.63) is 0 Å². The van der Waals surface area contributed by atoms with E-state index in [0.717, 1.165) is 0 Å². The number of nitriles is 1. The summed E-state index contributed by atoms with van der Waals surface area (Å²) in [6.45, 7) is 7.66. The summed E-state index contributed by atoms with van der Waals surface area (Å²) in [7, 11) is 0. The first kappa shape index (κ1) is 12.0. The lowest BCUT2D eigenvalue weighted by molar-refractivity contribution is -0.151. The topological polar surface area (TPSA) is 50.1 Å². The van der Waals surface area contributed by atoms with Crippen LogP contribution in [0.15, 0.2) is 0 Å². The maximum absolute atomic E-state index is 11.4. The molecule has 0 amide bonds. The monoisotopic (exact) mass is 183 g/mol. The lowest BCUT2D eigenvalue weighted by atomic mass is 9.83. The molecule has 0 bridgehead atoms. The predicted molar refractivity (Wildman–Crippen MR) is 49.8 cm³/mol. The molecule has 0 rings (SSSR count). The van der Waals surface area contributed by atoms with Crippen molar-refractivity contribution in [3.63, 3.8) is 0 Å². The molecular weight excluding hydrogens is 166 g/mol. The molecule has 0 spiro atoms. The van der Waals surface area contributed by atoms with Crippen molar-refractivity contribution >= 4 is 5.97 Å². The number of hydrogen-bond acceptors (Lipinski definition) is 3. The van der Waals surface area contributed by atoms with Gasteiger partial charge in [-0.15, -0.1) is 0 Å². The molecule has 0 saturated carbocycles. The van der Waals surface area contributed by atoms with Crippen molar-refractivity contribution in [1.82, 2.24) is 0 Å². The van der Waals surface area contributed by atoms with Gasteiger partial charge in [0.25, 0.3) is 0 Å². The fourth-order valence-electron chi connectivity index (χ4n) is 1.28. The Bertz CT molecular complexity index is 217. The number of ether oxygens (including phenoxy) is 1. The average Bonchev–Trinajstić information content (AvgIpc) is 2.03. The number of carbonyl (C=O) groups is 1. The zero-order valence-corrected chi connectivity index (χ0v) is 8.76. The van der Waals surface area contributed by atoms with Gasteiger partial charge in [-0.25, -0.2) is 0 Å². The summed E-state index contributed by atoms with van der Waals surface area (Å²) in [5.74, 6) is -0.0970. The number of esters is 1. The maximum Gasteiger partial charge on any atom is 0.326 e. The Morgan fingerprint density at radius 3 is 2.46 bits per heavy atom. The van der Waals surface area contributed by atoms with Crippen molar-refractivity contribution in [2.75, 3.05) is 6.61 Å². The van der Waals surface area contributed by atoms with Crippen LogP contribution in [0.5, 0.6) is 0 Å². The Kier molecular flexibility index (Phi) is 4.47. The summed E-state index contributed by atoms with van der Waals surface area (Å²) >= 11 is 0. The fourth-order valence-corrected chi connectivity index (χ4v) is 1.28. The third-order valence-corrected chi connectivity index (χ3v) is 1.79. The molecule has 3 heteroatoms. The maximum atomic E-state index is 11.4. The molecule has 0 aliphatic rings.